The lowest BCUT2D eigenvalue weighted by Gasteiger charge is -2.25. The van der Waals surface area contributed by atoms with Crippen LogP contribution < -0.4 is 24.4 Å². The van der Waals surface area contributed by atoms with Crippen LogP contribution in [-0.2, 0) is 19.1 Å². The van der Waals surface area contributed by atoms with Gasteiger partial charge in [-0.1, -0.05) is 46.7 Å². The van der Waals surface area contributed by atoms with E-state index in [1.54, 1.807) is 44.2 Å². The lowest BCUT2D eigenvalue weighted by molar-refractivity contribution is -0.139. The molecule has 2 heterocycles. The summed E-state index contributed by atoms with van der Waals surface area (Å²) in [5, 5.41) is 0.590. The maximum atomic E-state index is 13.8. The minimum Gasteiger partial charge on any atom is -0.463 e. The molecule has 0 saturated carbocycles. The second-order valence-electron chi connectivity index (χ2n) is 8.37. The van der Waals surface area contributed by atoms with E-state index in [2.05, 4.69) is 4.99 Å². The van der Waals surface area contributed by atoms with Crippen LogP contribution in [0.5, 0.6) is 11.5 Å². The van der Waals surface area contributed by atoms with Gasteiger partial charge in [-0.2, -0.15) is 0 Å². The van der Waals surface area contributed by atoms with Gasteiger partial charge in [0.1, 0.15) is 0 Å². The first-order valence-corrected chi connectivity index (χ1v) is 13.2. The molecule has 1 aliphatic rings. The SMILES string of the molecule is CCOC(=O)C1=C(C)N=c2sc(=Cc3ccc(OC(C)=O)c(OC(C)=O)c3)c(=O)n2C1c1ccc(Cl)c(Cl)c1. The van der Waals surface area contributed by atoms with Gasteiger partial charge < -0.3 is 14.2 Å². The summed E-state index contributed by atoms with van der Waals surface area (Å²) >= 11 is 13.5. The van der Waals surface area contributed by atoms with Crippen molar-refractivity contribution in [3.8, 4) is 11.5 Å². The van der Waals surface area contributed by atoms with Gasteiger partial charge in [0.2, 0.25) is 0 Å². The zero-order valence-electron chi connectivity index (χ0n) is 21.2. The highest BCUT2D eigenvalue weighted by Gasteiger charge is 2.33. The fraction of sp³-hybridized carbons (Fsp3) is 0.222. The molecule has 0 fully saturated rings. The van der Waals surface area contributed by atoms with Gasteiger partial charge in [0.25, 0.3) is 5.56 Å². The first kappa shape index (κ1) is 28.3. The standard InChI is InChI=1S/C27H22Cl2N2O7S/c1-5-36-26(35)23-13(2)30-27-31(24(23)17-7-8-18(28)19(29)12-17)25(34)22(39-27)11-16-6-9-20(37-14(3)32)21(10-16)38-15(4)33/h6-12,24H,5H2,1-4H3. The zero-order chi connectivity index (χ0) is 28.4. The molecule has 0 bridgehead atoms. The fourth-order valence-corrected chi connectivity index (χ4v) is 5.38. The number of rotatable bonds is 6. The fourth-order valence-electron chi connectivity index (χ4n) is 4.03. The Morgan fingerprint density at radius 1 is 1.03 bits per heavy atom. The van der Waals surface area contributed by atoms with E-state index in [1.807, 2.05) is 0 Å². The molecule has 39 heavy (non-hydrogen) atoms. The average Bonchev–Trinajstić information content (AvgIpc) is 3.15. The summed E-state index contributed by atoms with van der Waals surface area (Å²) in [6, 6.07) is 8.56. The van der Waals surface area contributed by atoms with Crippen LogP contribution in [0.4, 0.5) is 0 Å². The molecule has 1 aromatic heterocycles. The normalized spacial score (nSPS) is 14.9. The van der Waals surface area contributed by atoms with Crippen LogP contribution in [0.15, 0.2) is 57.5 Å². The van der Waals surface area contributed by atoms with Gasteiger partial charge in [-0.05, 0) is 55.3 Å². The van der Waals surface area contributed by atoms with Crippen molar-refractivity contribution in [2.45, 2.75) is 33.7 Å². The number of fused-ring (bicyclic) bond motifs is 1. The van der Waals surface area contributed by atoms with E-state index < -0.39 is 29.5 Å². The summed E-state index contributed by atoms with van der Waals surface area (Å²) in [5.41, 5.74) is 1.25. The Morgan fingerprint density at radius 3 is 2.36 bits per heavy atom. The molecular formula is C27H22Cl2N2O7S. The first-order chi connectivity index (χ1) is 18.5. The van der Waals surface area contributed by atoms with E-state index in [1.165, 1.54) is 30.5 Å². The number of thiazole rings is 1. The summed E-state index contributed by atoms with van der Waals surface area (Å²) in [6.07, 6.45) is 1.59. The van der Waals surface area contributed by atoms with Crippen LogP contribution in [0.3, 0.4) is 0 Å². The lowest BCUT2D eigenvalue weighted by Crippen LogP contribution is -2.39. The third-order valence-corrected chi connectivity index (χ3v) is 7.27. The Kier molecular flexibility index (Phi) is 8.39. The number of carbonyl (C=O) groups excluding carboxylic acids is 3. The number of nitrogens with zero attached hydrogens (tertiary/aromatic N) is 2. The second kappa shape index (κ2) is 11.6. The van der Waals surface area contributed by atoms with Crippen LogP contribution in [0.2, 0.25) is 10.0 Å². The van der Waals surface area contributed by atoms with Crippen molar-refractivity contribution in [3.05, 3.63) is 88.5 Å². The number of aromatic nitrogens is 1. The number of hydrogen-bond donors (Lipinski definition) is 0. The van der Waals surface area contributed by atoms with Gasteiger partial charge in [0.15, 0.2) is 16.3 Å². The molecule has 202 valence electrons. The first-order valence-electron chi connectivity index (χ1n) is 11.7. The van der Waals surface area contributed by atoms with E-state index in [0.717, 1.165) is 11.3 Å². The number of hydrogen-bond acceptors (Lipinski definition) is 9. The largest absolute Gasteiger partial charge is 0.463 e. The number of esters is 3. The molecule has 1 atom stereocenters. The quantitative estimate of drug-likeness (QED) is 0.316. The smallest absolute Gasteiger partial charge is 0.338 e. The predicted octanol–water partition coefficient (Wildman–Crippen LogP) is 3.96. The Hall–Kier alpha value is -3.73. The highest BCUT2D eigenvalue weighted by Crippen LogP contribution is 2.34. The Labute approximate surface area is 236 Å². The van der Waals surface area contributed by atoms with Crippen molar-refractivity contribution in [1.82, 2.24) is 4.57 Å². The third kappa shape index (κ3) is 5.98. The van der Waals surface area contributed by atoms with E-state index in [9.17, 15) is 19.2 Å². The van der Waals surface area contributed by atoms with Gasteiger partial charge in [0, 0.05) is 13.8 Å². The summed E-state index contributed by atoms with van der Waals surface area (Å²) in [5.74, 6) is -1.71. The Morgan fingerprint density at radius 2 is 1.72 bits per heavy atom. The highest BCUT2D eigenvalue weighted by molar-refractivity contribution is 7.07. The third-order valence-electron chi connectivity index (χ3n) is 5.55. The number of ether oxygens (including phenoxy) is 3. The molecule has 2 aromatic carbocycles. The van der Waals surface area contributed by atoms with Gasteiger partial charge in [-0.25, -0.2) is 9.79 Å². The lowest BCUT2D eigenvalue weighted by atomic mass is 9.96. The second-order valence-corrected chi connectivity index (χ2v) is 10.2. The maximum absolute atomic E-state index is 13.8. The maximum Gasteiger partial charge on any atom is 0.338 e. The van der Waals surface area contributed by atoms with Gasteiger partial charge in [-0.3, -0.25) is 19.0 Å². The average molecular weight is 589 g/mol. The number of halogens is 2. The van der Waals surface area contributed by atoms with Crippen molar-refractivity contribution in [1.29, 1.82) is 0 Å². The van der Waals surface area contributed by atoms with Gasteiger partial charge in [0.05, 0.1) is 38.5 Å². The molecule has 4 rings (SSSR count). The minimum atomic E-state index is -0.861. The van der Waals surface area contributed by atoms with Crippen LogP contribution in [0.1, 0.15) is 44.9 Å². The summed E-state index contributed by atoms with van der Waals surface area (Å²) in [6.45, 7) is 5.95. The van der Waals surface area contributed by atoms with E-state index in [-0.39, 0.29) is 28.7 Å². The highest BCUT2D eigenvalue weighted by atomic mass is 35.5. The molecule has 0 saturated heterocycles. The van der Waals surface area contributed by atoms with Crippen molar-refractivity contribution in [2.24, 2.45) is 4.99 Å². The Balaban J connectivity index is 1.91. The molecular weight excluding hydrogens is 567 g/mol. The molecule has 0 radical (unpaired) electrons. The molecule has 3 aromatic rings. The van der Waals surface area contributed by atoms with E-state index in [0.29, 0.717) is 31.2 Å². The molecule has 12 heteroatoms. The number of allylic oxidation sites excluding steroid dienone is 1. The van der Waals surface area contributed by atoms with Gasteiger partial charge >= 0.3 is 17.9 Å². The van der Waals surface area contributed by atoms with Crippen LogP contribution in [0.25, 0.3) is 6.08 Å². The summed E-state index contributed by atoms with van der Waals surface area (Å²) < 4.78 is 17.3. The minimum absolute atomic E-state index is 0.0216. The number of benzene rings is 2. The van der Waals surface area contributed by atoms with Crippen LogP contribution >= 0.6 is 34.5 Å². The molecule has 1 unspecified atom stereocenters. The zero-order valence-corrected chi connectivity index (χ0v) is 23.6. The van der Waals surface area contributed by atoms with Crippen LogP contribution in [-0.4, -0.2) is 29.1 Å². The van der Waals surface area contributed by atoms with Crippen molar-refractivity contribution >= 4 is 58.5 Å². The molecule has 0 spiro atoms. The molecule has 1 aliphatic heterocycles. The van der Waals surface area contributed by atoms with Crippen molar-refractivity contribution < 1.29 is 28.6 Å². The predicted molar refractivity (Wildman–Crippen MR) is 146 cm³/mol. The van der Waals surface area contributed by atoms with E-state index >= 15 is 0 Å². The molecule has 0 aliphatic carbocycles. The van der Waals surface area contributed by atoms with Gasteiger partial charge in [-0.15, -0.1) is 0 Å². The summed E-state index contributed by atoms with van der Waals surface area (Å²) in [4.78, 5) is 54.7. The Bertz CT molecular complexity index is 1720. The molecule has 0 amide bonds. The van der Waals surface area contributed by atoms with E-state index in [4.69, 9.17) is 37.4 Å². The van der Waals surface area contributed by atoms with Crippen molar-refractivity contribution in [3.63, 3.8) is 0 Å². The molecule has 9 nitrogen and oxygen atoms in total. The summed E-state index contributed by atoms with van der Waals surface area (Å²) in [7, 11) is 0. The monoisotopic (exact) mass is 588 g/mol. The topological polar surface area (TPSA) is 113 Å². The van der Waals surface area contributed by atoms with Crippen molar-refractivity contribution in [2.75, 3.05) is 6.61 Å². The molecule has 0 N–H and O–H groups in total. The number of carbonyl (C=O) groups is 3. The van der Waals surface area contributed by atoms with Crippen LogP contribution in [0, 0.1) is 0 Å².